The van der Waals surface area contributed by atoms with Crippen molar-refractivity contribution in [3.63, 3.8) is 0 Å². The van der Waals surface area contributed by atoms with Crippen molar-refractivity contribution in [2.45, 2.75) is 49.7 Å². The smallest absolute Gasteiger partial charge is 0.475 e. The molecular weight excluding hydrogens is 536 g/mol. The van der Waals surface area contributed by atoms with Gasteiger partial charge in [0.15, 0.2) is 0 Å². The maximum atomic E-state index is 10.6. The molecule has 0 radical (unpaired) electrons. The Morgan fingerprint density at radius 2 is 1.59 bits per heavy atom. The highest BCUT2D eigenvalue weighted by Gasteiger charge is 2.43. The molecule has 4 rings (SSSR count). The third-order valence-electron chi connectivity index (χ3n) is 5.95. The Morgan fingerprint density at radius 1 is 1.00 bits per heavy atom. The summed E-state index contributed by atoms with van der Waals surface area (Å²) >= 11 is 0. The van der Waals surface area contributed by atoms with Gasteiger partial charge in [0.1, 0.15) is 5.82 Å². The zero-order valence-corrected chi connectivity index (χ0v) is 20.7. The second-order valence-corrected chi connectivity index (χ2v) is 8.95. The average Bonchev–Trinajstić information content (AvgIpc) is 3.25. The standard InChI is InChI=1S/C21H27N3O.2C2HF3O2/c1-2-6-18(7-3-1)9-13-24-14-11-21(17-24)16-19(10-15-25-21)23-20-8-4-5-12-22-20;2*3-2(4,5)1(6)7/h1-8,12,19H,9-11,13-17H2,(H,22,23);2*(H,6,7)/t19-,21+;;/m0../s1. The van der Waals surface area contributed by atoms with E-state index in [1.165, 1.54) is 5.56 Å². The van der Waals surface area contributed by atoms with Crippen LogP contribution in [-0.4, -0.2) is 82.3 Å². The number of likely N-dealkylation sites (tertiary alicyclic amines) is 1. The molecule has 14 heteroatoms. The van der Waals surface area contributed by atoms with E-state index in [0.717, 1.165) is 57.7 Å². The molecule has 39 heavy (non-hydrogen) atoms. The van der Waals surface area contributed by atoms with Crippen LogP contribution in [0.2, 0.25) is 0 Å². The fraction of sp³-hybridized carbons (Fsp3) is 0.480. The number of benzene rings is 1. The second kappa shape index (κ2) is 14.1. The van der Waals surface area contributed by atoms with Crippen molar-refractivity contribution in [2.75, 3.05) is 31.6 Å². The van der Waals surface area contributed by atoms with E-state index in [4.69, 9.17) is 24.5 Å². The van der Waals surface area contributed by atoms with E-state index in [1.807, 2.05) is 24.4 Å². The Bertz CT molecular complexity index is 1020. The normalized spacial score (nSPS) is 21.2. The van der Waals surface area contributed by atoms with Crippen LogP contribution in [0.1, 0.15) is 24.8 Å². The summed E-state index contributed by atoms with van der Waals surface area (Å²) in [5, 5.41) is 17.8. The number of halogens is 6. The number of hydrogen-bond acceptors (Lipinski definition) is 6. The SMILES string of the molecule is O=C(O)C(F)(F)F.O=C(O)C(F)(F)F.c1ccc(CCN2CC[C@@]3(C[C@@H](Nc4ccccn4)CCO3)C2)cc1. The summed E-state index contributed by atoms with van der Waals surface area (Å²) in [6, 6.07) is 17.3. The van der Waals surface area contributed by atoms with E-state index in [0.29, 0.717) is 6.04 Å². The van der Waals surface area contributed by atoms with Crippen molar-refractivity contribution < 1.29 is 50.9 Å². The number of ether oxygens (including phenoxy) is 1. The topological polar surface area (TPSA) is 112 Å². The lowest BCUT2D eigenvalue weighted by molar-refractivity contribution is -0.193. The van der Waals surface area contributed by atoms with Gasteiger partial charge in [-0.2, -0.15) is 26.3 Å². The molecule has 2 aromatic rings. The maximum absolute atomic E-state index is 10.6. The van der Waals surface area contributed by atoms with Gasteiger partial charge in [-0.1, -0.05) is 36.4 Å². The second-order valence-electron chi connectivity index (χ2n) is 8.95. The van der Waals surface area contributed by atoms with Gasteiger partial charge in [-0.3, -0.25) is 0 Å². The molecule has 8 nitrogen and oxygen atoms in total. The summed E-state index contributed by atoms with van der Waals surface area (Å²) in [6.07, 6.45) is -3.93. The predicted octanol–water partition coefficient (Wildman–Crippen LogP) is 4.63. The molecule has 3 heterocycles. The lowest BCUT2D eigenvalue weighted by Gasteiger charge is -2.38. The minimum absolute atomic E-state index is 0.0292. The number of carbonyl (C=O) groups is 2. The first-order valence-electron chi connectivity index (χ1n) is 11.9. The molecule has 0 aliphatic carbocycles. The van der Waals surface area contributed by atoms with Crippen LogP contribution in [0, 0.1) is 0 Å². The lowest BCUT2D eigenvalue weighted by Crippen LogP contribution is -2.46. The number of aliphatic carboxylic acids is 2. The molecule has 0 unspecified atom stereocenters. The van der Waals surface area contributed by atoms with Crippen LogP contribution >= 0.6 is 0 Å². The van der Waals surface area contributed by atoms with Crippen LogP contribution in [0.15, 0.2) is 54.7 Å². The molecule has 216 valence electrons. The number of anilines is 1. The number of carboxylic acid groups (broad SMARTS) is 2. The highest BCUT2D eigenvalue weighted by atomic mass is 19.4. The summed E-state index contributed by atoms with van der Waals surface area (Å²) in [5.41, 5.74) is 1.45. The number of pyridine rings is 1. The molecule has 1 spiro atoms. The number of nitrogens with zero attached hydrogens (tertiary/aromatic N) is 2. The van der Waals surface area contributed by atoms with Gasteiger partial charge in [-0.05, 0) is 43.4 Å². The lowest BCUT2D eigenvalue weighted by atomic mass is 9.89. The predicted molar refractivity (Wildman–Crippen MR) is 128 cm³/mol. The summed E-state index contributed by atoms with van der Waals surface area (Å²) in [7, 11) is 0. The number of carboxylic acids is 2. The zero-order valence-electron chi connectivity index (χ0n) is 20.7. The highest BCUT2D eigenvalue weighted by Crippen LogP contribution is 2.35. The van der Waals surface area contributed by atoms with E-state index >= 15 is 0 Å². The van der Waals surface area contributed by atoms with Gasteiger partial charge in [0, 0.05) is 38.5 Å². The van der Waals surface area contributed by atoms with Crippen molar-refractivity contribution in [1.29, 1.82) is 0 Å². The first-order chi connectivity index (χ1) is 18.2. The number of aromatic nitrogens is 1. The molecule has 0 amide bonds. The van der Waals surface area contributed by atoms with Gasteiger partial charge in [-0.15, -0.1) is 0 Å². The van der Waals surface area contributed by atoms with Crippen LogP contribution in [0.3, 0.4) is 0 Å². The van der Waals surface area contributed by atoms with Crippen LogP contribution < -0.4 is 5.32 Å². The molecule has 2 saturated heterocycles. The van der Waals surface area contributed by atoms with Gasteiger partial charge in [0.25, 0.3) is 0 Å². The van der Waals surface area contributed by atoms with E-state index < -0.39 is 24.3 Å². The van der Waals surface area contributed by atoms with Crippen molar-refractivity contribution in [1.82, 2.24) is 9.88 Å². The molecule has 3 N–H and O–H groups in total. The Kier molecular flexibility index (Phi) is 11.5. The Hall–Kier alpha value is -3.39. The summed E-state index contributed by atoms with van der Waals surface area (Å²) in [4.78, 5) is 24.8. The van der Waals surface area contributed by atoms with Crippen LogP contribution in [-0.2, 0) is 20.7 Å². The maximum Gasteiger partial charge on any atom is 0.490 e. The number of alkyl halides is 6. The van der Waals surface area contributed by atoms with Crippen molar-refractivity contribution in [3.8, 4) is 0 Å². The van der Waals surface area contributed by atoms with Gasteiger partial charge in [-0.25, -0.2) is 14.6 Å². The van der Waals surface area contributed by atoms with Crippen LogP contribution in [0.4, 0.5) is 32.2 Å². The van der Waals surface area contributed by atoms with Crippen molar-refractivity contribution in [3.05, 3.63) is 60.3 Å². The summed E-state index contributed by atoms with van der Waals surface area (Å²) in [5.74, 6) is -4.54. The van der Waals surface area contributed by atoms with E-state index in [2.05, 4.69) is 45.5 Å². The molecule has 0 bridgehead atoms. The minimum atomic E-state index is -5.08. The number of hydrogen-bond donors (Lipinski definition) is 3. The molecular formula is C25H29F6N3O5. The Morgan fingerprint density at radius 3 is 2.13 bits per heavy atom. The highest BCUT2D eigenvalue weighted by molar-refractivity contribution is 5.73. The zero-order chi connectivity index (χ0) is 29.1. The molecule has 1 aromatic carbocycles. The van der Waals surface area contributed by atoms with Crippen molar-refractivity contribution >= 4 is 17.8 Å². The quantitative estimate of drug-likeness (QED) is 0.451. The third-order valence-corrected chi connectivity index (χ3v) is 5.95. The fourth-order valence-corrected chi connectivity index (χ4v) is 4.14. The van der Waals surface area contributed by atoms with Crippen LogP contribution in [0.25, 0.3) is 0 Å². The fourth-order valence-electron chi connectivity index (χ4n) is 4.14. The van der Waals surface area contributed by atoms with Gasteiger partial charge in [0.2, 0.25) is 0 Å². The largest absolute Gasteiger partial charge is 0.490 e. The Labute approximate surface area is 220 Å². The number of nitrogens with one attached hydrogen (secondary N) is 1. The number of rotatable bonds is 5. The van der Waals surface area contributed by atoms with Gasteiger partial charge < -0.3 is 25.2 Å². The van der Waals surface area contributed by atoms with Crippen molar-refractivity contribution in [2.24, 2.45) is 0 Å². The van der Waals surface area contributed by atoms with Gasteiger partial charge in [0.05, 0.1) is 5.60 Å². The minimum Gasteiger partial charge on any atom is -0.475 e. The molecule has 1 aromatic heterocycles. The molecule has 2 aliphatic heterocycles. The molecule has 2 aliphatic rings. The molecule has 2 fully saturated rings. The van der Waals surface area contributed by atoms with Gasteiger partial charge >= 0.3 is 24.3 Å². The first-order valence-corrected chi connectivity index (χ1v) is 11.9. The third kappa shape index (κ3) is 11.5. The van der Waals surface area contributed by atoms with E-state index in [-0.39, 0.29) is 5.60 Å². The average molecular weight is 566 g/mol. The first kappa shape index (κ1) is 31.8. The molecule has 2 atom stereocenters. The van der Waals surface area contributed by atoms with E-state index in [9.17, 15) is 26.3 Å². The summed E-state index contributed by atoms with van der Waals surface area (Å²) < 4.78 is 69.7. The Balaban J connectivity index is 0.000000317. The monoisotopic (exact) mass is 565 g/mol. The van der Waals surface area contributed by atoms with E-state index in [1.54, 1.807) is 0 Å². The molecule has 0 saturated carbocycles. The summed E-state index contributed by atoms with van der Waals surface area (Å²) in [6.45, 7) is 4.16. The van der Waals surface area contributed by atoms with Crippen LogP contribution in [0.5, 0.6) is 0 Å².